The van der Waals surface area contributed by atoms with Gasteiger partial charge in [0.1, 0.15) is 18.3 Å². The van der Waals surface area contributed by atoms with Gasteiger partial charge in [-0.1, -0.05) is 42.3 Å². The summed E-state index contributed by atoms with van der Waals surface area (Å²) >= 11 is 14.0. The standard InChI is InChI=1S/C41H53Cl2N8O/c1-8-19-51(25-30-12-11-20-52-30,41-32-14-10-18-50(40(32)46-48(41)7)37-29(5)22-27(3)24-34(37)43)35(15-16-44)38-31-13-9-17-49(39(31)45-47(38)6)36-28(4)21-26(2)23-33(36)42/h11-12,20-24,35H,8-10,13-19,25,44H2,1-7H3/q+1. The van der Waals surface area contributed by atoms with Crippen molar-refractivity contribution in [3.63, 3.8) is 0 Å². The number of fused-ring (bicyclic) bond motifs is 2. The number of nitrogens with two attached hydrogens (primary N) is 1. The first-order chi connectivity index (χ1) is 25.0. The predicted octanol–water partition coefficient (Wildman–Crippen LogP) is 9.46. The van der Waals surface area contributed by atoms with Crippen LogP contribution in [-0.4, -0.2) is 45.7 Å². The zero-order valence-electron chi connectivity index (χ0n) is 31.8. The van der Waals surface area contributed by atoms with Crippen LogP contribution in [0.25, 0.3) is 0 Å². The molecular formula is C41H53Cl2N8O+. The normalized spacial score (nSPS) is 16.2. The van der Waals surface area contributed by atoms with Crippen molar-refractivity contribution in [3.05, 3.63) is 97.5 Å². The zero-order valence-corrected chi connectivity index (χ0v) is 33.3. The van der Waals surface area contributed by atoms with E-state index in [1.807, 2.05) is 6.07 Å². The van der Waals surface area contributed by atoms with Crippen molar-refractivity contribution >= 4 is 52.0 Å². The van der Waals surface area contributed by atoms with E-state index in [2.05, 4.69) is 98.2 Å². The molecule has 9 nitrogen and oxygen atoms in total. The molecule has 2 atom stereocenters. The number of benzene rings is 2. The summed E-state index contributed by atoms with van der Waals surface area (Å²) in [5.74, 6) is 4.13. The summed E-state index contributed by atoms with van der Waals surface area (Å²) in [6.07, 6.45) is 7.38. The molecule has 7 rings (SSSR count). The highest BCUT2D eigenvalue weighted by atomic mass is 35.5. The van der Waals surface area contributed by atoms with E-state index >= 15 is 0 Å². The van der Waals surface area contributed by atoms with Gasteiger partial charge < -0.3 is 20.0 Å². The number of hydrogen-bond donors (Lipinski definition) is 1. The molecule has 2 unspecified atom stereocenters. The number of quaternary nitrogens is 1. The summed E-state index contributed by atoms with van der Waals surface area (Å²) in [7, 11) is 4.22. The van der Waals surface area contributed by atoms with Crippen LogP contribution in [0.2, 0.25) is 10.0 Å². The number of aryl methyl sites for hydroxylation is 6. The van der Waals surface area contributed by atoms with Gasteiger partial charge in [-0.3, -0.25) is 9.16 Å². The topological polar surface area (TPSA) is 81.3 Å². The van der Waals surface area contributed by atoms with Gasteiger partial charge in [0.15, 0.2) is 17.4 Å². The summed E-state index contributed by atoms with van der Waals surface area (Å²) in [6.45, 7) is 14.6. The molecule has 2 N–H and O–H groups in total. The first kappa shape index (κ1) is 36.6. The number of furan rings is 1. The molecule has 0 spiro atoms. The molecule has 0 amide bonds. The van der Waals surface area contributed by atoms with E-state index in [-0.39, 0.29) is 6.04 Å². The fourth-order valence-corrected chi connectivity index (χ4v) is 10.3. The average molecular weight is 745 g/mol. The average Bonchev–Trinajstić information content (AvgIpc) is 3.80. The van der Waals surface area contributed by atoms with Crippen LogP contribution in [0.4, 0.5) is 28.8 Å². The highest BCUT2D eigenvalue weighted by Crippen LogP contribution is 2.50. The molecule has 0 fully saturated rings. The van der Waals surface area contributed by atoms with E-state index in [4.69, 9.17) is 43.6 Å². The molecule has 2 aliphatic heterocycles. The van der Waals surface area contributed by atoms with E-state index in [9.17, 15) is 0 Å². The van der Waals surface area contributed by atoms with Crippen LogP contribution in [0.3, 0.4) is 0 Å². The highest BCUT2D eigenvalue weighted by Gasteiger charge is 2.49. The minimum atomic E-state index is -0.0228. The predicted molar refractivity (Wildman–Crippen MR) is 215 cm³/mol. The maximum Gasteiger partial charge on any atom is 0.232 e. The molecule has 11 heteroatoms. The Bertz CT molecular complexity index is 2040. The Morgan fingerprint density at radius 3 is 1.96 bits per heavy atom. The zero-order chi connectivity index (χ0) is 36.9. The second kappa shape index (κ2) is 14.6. The maximum absolute atomic E-state index is 7.01. The van der Waals surface area contributed by atoms with Crippen molar-refractivity contribution in [1.29, 1.82) is 0 Å². The monoisotopic (exact) mass is 743 g/mol. The van der Waals surface area contributed by atoms with Gasteiger partial charge in [-0.05, 0) is 113 Å². The Morgan fingerprint density at radius 2 is 1.42 bits per heavy atom. The Kier molecular flexibility index (Phi) is 10.3. The van der Waals surface area contributed by atoms with Gasteiger partial charge in [0.25, 0.3) is 0 Å². The lowest BCUT2D eigenvalue weighted by molar-refractivity contribution is 0.151. The third kappa shape index (κ3) is 6.23. The number of halogens is 2. The molecular weight excluding hydrogens is 691 g/mol. The molecule has 5 heterocycles. The smallest absolute Gasteiger partial charge is 0.232 e. The van der Waals surface area contributed by atoms with Gasteiger partial charge in [-0.2, -0.15) is 5.10 Å². The first-order valence-electron chi connectivity index (χ1n) is 18.8. The fourth-order valence-electron chi connectivity index (χ4n) is 9.49. The van der Waals surface area contributed by atoms with Gasteiger partial charge >= 0.3 is 0 Å². The van der Waals surface area contributed by atoms with E-state index in [1.165, 1.54) is 22.6 Å². The Balaban J connectivity index is 1.45. The number of nitrogens with zero attached hydrogens (tertiary/aromatic N) is 7. The van der Waals surface area contributed by atoms with Crippen molar-refractivity contribution in [3.8, 4) is 0 Å². The molecule has 0 aliphatic carbocycles. The second-order valence-corrected chi connectivity index (χ2v) is 15.8. The fraction of sp³-hybridized carbons (Fsp3) is 0.463. The molecule has 0 saturated heterocycles. The van der Waals surface area contributed by atoms with Gasteiger partial charge in [0, 0.05) is 39.2 Å². The quantitative estimate of drug-likeness (QED) is 0.136. The van der Waals surface area contributed by atoms with E-state index in [0.29, 0.717) is 17.6 Å². The molecule has 2 aliphatic rings. The highest BCUT2D eigenvalue weighted by molar-refractivity contribution is 6.34. The van der Waals surface area contributed by atoms with Crippen LogP contribution in [0.15, 0.2) is 47.1 Å². The molecule has 2 aromatic carbocycles. The van der Waals surface area contributed by atoms with E-state index in [0.717, 1.165) is 119 Å². The summed E-state index contributed by atoms with van der Waals surface area (Å²) < 4.78 is 11.1. The molecule has 0 saturated carbocycles. The van der Waals surface area contributed by atoms with Crippen LogP contribution >= 0.6 is 23.2 Å². The van der Waals surface area contributed by atoms with Gasteiger partial charge in [-0.15, -0.1) is 5.10 Å². The Morgan fingerprint density at radius 1 is 0.846 bits per heavy atom. The number of anilines is 4. The molecule has 3 aromatic heterocycles. The van der Waals surface area contributed by atoms with Crippen LogP contribution in [0.1, 0.15) is 83.5 Å². The van der Waals surface area contributed by atoms with Crippen LogP contribution < -0.4 is 20.0 Å². The number of rotatable bonds is 11. The summed E-state index contributed by atoms with van der Waals surface area (Å²) in [4.78, 5) is 4.69. The second-order valence-electron chi connectivity index (χ2n) is 15.0. The van der Waals surface area contributed by atoms with Crippen LogP contribution in [0, 0.1) is 27.7 Å². The minimum absolute atomic E-state index is 0.0228. The number of hydrogen-bond acceptors (Lipinski definition) is 6. The van der Waals surface area contributed by atoms with Crippen LogP contribution in [0.5, 0.6) is 0 Å². The van der Waals surface area contributed by atoms with Crippen molar-refractivity contribution in [2.75, 3.05) is 36.0 Å². The molecule has 0 radical (unpaired) electrons. The van der Waals surface area contributed by atoms with Gasteiger partial charge in [0.05, 0.1) is 39.8 Å². The van der Waals surface area contributed by atoms with Gasteiger partial charge in [-0.25, -0.2) is 4.68 Å². The lowest BCUT2D eigenvalue weighted by atomic mass is 9.93. The van der Waals surface area contributed by atoms with Crippen LogP contribution in [-0.2, 0) is 33.5 Å². The summed E-state index contributed by atoms with van der Waals surface area (Å²) in [6, 6.07) is 12.6. The first-order valence-corrected chi connectivity index (χ1v) is 19.5. The van der Waals surface area contributed by atoms with Crippen molar-refractivity contribution in [1.82, 2.24) is 24.0 Å². The summed E-state index contributed by atoms with van der Waals surface area (Å²) in [5.41, 5.74) is 17.1. The Labute approximate surface area is 318 Å². The Hall–Kier alpha value is -3.76. The molecule has 276 valence electrons. The van der Waals surface area contributed by atoms with E-state index in [1.54, 1.807) is 6.26 Å². The molecule has 5 aromatic rings. The number of aromatic nitrogens is 4. The molecule has 0 bridgehead atoms. The van der Waals surface area contributed by atoms with Crippen molar-refractivity contribution < 1.29 is 4.42 Å². The third-order valence-electron chi connectivity index (χ3n) is 11.1. The lowest BCUT2D eigenvalue weighted by Crippen LogP contribution is -2.54. The van der Waals surface area contributed by atoms with Crippen molar-refractivity contribution in [2.24, 2.45) is 19.8 Å². The molecule has 52 heavy (non-hydrogen) atoms. The summed E-state index contributed by atoms with van der Waals surface area (Å²) in [5, 5.41) is 12.2. The maximum atomic E-state index is 7.01. The minimum Gasteiger partial charge on any atom is -0.463 e. The third-order valence-corrected chi connectivity index (χ3v) is 11.7. The SMILES string of the molecule is CCC[N+](Cc1ccco1)(c1c2c(nn1C)N(c1c(C)cc(C)cc1Cl)CCC2)C(CCN)c1c2c(nn1C)N(c1c(C)cc(C)cc1Cl)CCC2. The van der Waals surface area contributed by atoms with Crippen molar-refractivity contribution in [2.45, 2.75) is 85.7 Å². The van der Waals surface area contributed by atoms with E-state index < -0.39 is 0 Å². The largest absolute Gasteiger partial charge is 0.463 e. The van der Waals surface area contributed by atoms with Gasteiger partial charge in [0.2, 0.25) is 5.82 Å². The lowest BCUT2D eigenvalue weighted by Gasteiger charge is -2.45.